The molecule has 0 aliphatic carbocycles. The first kappa shape index (κ1) is 20.4. The van der Waals surface area contributed by atoms with Crippen LogP contribution in [0.1, 0.15) is 11.1 Å². The number of rotatable bonds is 8. The molecule has 2 atom stereocenters. The van der Waals surface area contributed by atoms with Crippen LogP contribution in [0.4, 0.5) is 4.79 Å². The van der Waals surface area contributed by atoms with Crippen molar-refractivity contribution in [1.29, 1.82) is 0 Å². The van der Waals surface area contributed by atoms with Crippen LogP contribution in [-0.4, -0.2) is 17.0 Å². The topological polar surface area (TPSA) is 84.9 Å². The monoisotopic (exact) mass is 410 g/mol. The van der Waals surface area contributed by atoms with Crippen molar-refractivity contribution >= 4 is 14.1 Å². The molecule has 3 aromatic carbocycles. The Hall–Kier alpha value is -3.37. The number of ether oxygens (including phenoxy) is 1. The maximum atomic E-state index is 12.8. The van der Waals surface area contributed by atoms with Gasteiger partial charge < -0.3 is 9.84 Å². The van der Waals surface area contributed by atoms with Crippen LogP contribution < -0.4 is 9.84 Å². The lowest BCUT2D eigenvalue weighted by Gasteiger charge is -2.11. The molecule has 0 heterocycles. The smallest absolute Gasteiger partial charge is 0.504 e. The van der Waals surface area contributed by atoms with E-state index in [1.54, 1.807) is 12.1 Å². The number of alkyl carbamates (subject to hydrolysis) is 1. The van der Waals surface area contributed by atoms with Gasteiger partial charge in [-0.1, -0.05) is 72.8 Å². The largest absolute Gasteiger partial charge is 0.581 e. The third kappa shape index (κ3) is 6.33. The lowest BCUT2D eigenvalue weighted by Crippen LogP contribution is -2.35. The van der Waals surface area contributed by atoms with Crippen molar-refractivity contribution in [2.24, 2.45) is 0 Å². The van der Waals surface area contributed by atoms with E-state index >= 15 is 0 Å². The quantitative estimate of drug-likeness (QED) is 0.510. The summed E-state index contributed by atoms with van der Waals surface area (Å²) in [5, 5.41) is 12.5. The summed E-state index contributed by atoms with van der Waals surface area (Å²) in [5.74, 6) is -0.873. The Morgan fingerprint density at radius 3 is 2.14 bits per heavy atom. The van der Waals surface area contributed by atoms with Gasteiger partial charge in [0, 0.05) is 6.42 Å². The average molecular weight is 410 g/mol. The highest BCUT2D eigenvalue weighted by atomic mass is 31.1. The summed E-state index contributed by atoms with van der Waals surface area (Å²) in [5.41, 5.74) is 1.72. The van der Waals surface area contributed by atoms with Crippen molar-refractivity contribution in [3.8, 4) is 11.5 Å². The minimum absolute atomic E-state index is 0.0890. The van der Waals surface area contributed by atoms with E-state index < -0.39 is 19.9 Å². The second kappa shape index (κ2) is 10.2. The van der Waals surface area contributed by atoms with E-state index in [4.69, 9.17) is 9.26 Å². The van der Waals surface area contributed by atoms with Crippen molar-refractivity contribution in [2.75, 3.05) is 0 Å². The van der Waals surface area contributed by atoms with Gasteiger partial charge in [-0.25, -0.2) is 9.32 Å². The fourth-order valence-electron chi connectivity index (χ4n) is 2.61. The van der Waals surface area contributed by atoms with Crippen LogP contribution in [-0.2, 0) is 22.3 Å². The van der Waals surface area contributed by atoms with Crippen molar-refractivity contribution in [1.82, 2.24) is 5.32 Å². The third-order valence-electron chi connectivity index (χ3n) is 4.08. The summed E-state index contributed by atoms with van der Waals surface area (Å²) < 4.78 is 23.5. The molecule has 3 aromatic rings. The molecule has 2 unspecified atom stereocenters. The van der Waals surface area contributed by atoms with E-state index in [9.17, 15) is 14.5 Å². The average Bonchev–Trinajstić information content (AvgIpc) is 2.75. The summed E-state index contributed by atoms with van der Waals surface area (Å²) in [6.45, 7) is 0.0991. The molecule has 6 nitrogen and oxygen atoms in total. The molecule has 0 aliphatic heterocycles. The molecule has 3 rings (SSSR count). The fraction of sp³-hybridized carbons (Fsp3) is 0.136. The van der Waals surface area contributed by atoms with Gasteiger partial charge in [0.15, 0.2) is 5.75 Å². The van der Waals surface area contributed by atoms with Gasteiger partial charge in [-0.2, -0.15) is 0 Å². The van der Waals surface area contributed by atoms with Gasteiger partial charge in [0.1, 0.15) is 6.61 Å². The summed E-state index contributed by atoms with van der Waals surface area (Å²) in [6, 6.07) is 24.8. The van der Waals surface area contributed by atoms with Crippen LogP contribution in [0, 0.1) is 0 Å². The highest BCUT2D eigenvalue weighted by molar-refractivity contribution is 7.40. The maximum Gasteiger partial charge on any atom is 0.581 e. The van der Waals surface area contributed by atoms with Gasteiger partial charge >= 0.3 is 14.1 Å². The molecule has 0 bridgehead atoms. The number of amides is 1. The number of aromatic hydroxyl groups is 1. The van der Waals surface area contributed by atoms with E-state index in [0.717, 1.165) is 11.1 Å². The number of para-hydroxylation sites is 2. The molecule has 2 N–H and O–H groups in total. The molecule has 0 spiro atoms. The van der Waals surface area contributed by atoms with Crippen LogP contribution >= 0.6 is 8.03 Å². The zero-order valence-corrected chi connectivity index (χ0v) is 16.5. The zero-order chi connectivity index (χ0) is 20.5. The number of phenols is 1. The first-order valence-corrected chi connectivity index (χ1v) is 10.3. The predicted molar refractivity (Wildman–Crippen MR) is 110 cm³/mol. The molecular weight excluding hydrogens is 389 g/mol. The number of carbonyl (C=O) groups is 1. The van der Waals surface area contributed by atoms with Gasteiger partial charge in [0.05, 0.1) is 0 Å². The highest BCUT2D eigenvalue weighted by Gasteiger charge is 2.37. The fourth-order valence-corrected chi connectivity index (χ4v) is 3.66. The number of nitrogens with one attached hydrogen (secondary N) is 1. The van der Waals surface area contributed by atoms with Crippen LogP contribution in [0.2, 0.25) is 0 Å². The lowest BCUT2D eigenvalue weighted by molar-refractivity contribution is 0.138. The van der Waals surface area contributed by atoms with E-state index in [1.165, 1.54) is 12.1 Å². The Bertz CT molecular complexity index is 950. The van der Waals surface area contributed by atoms with Crippen molar-refractivity contribution < 1.29 is 23.7 Å². The summed E-state index contributed by atoms with van der Waals surface area (Å²) >= 11 is 0. The molecule has 0 saturated carbocycles. The summed E-state index contributed by atoms with van der Waals surface area (Å²) in [7, 11) is -2.38. The Balaban J connectivity index is 1.67. The first-order valence-electron chi connectivity index (χ1n) is 9.05. The molecule has 0 saturated heterocycles. The van der Waals surface area contributed by atoms with Crippen molar-refractivity contribution in [3.63, 3.8) is 0 Å². The molecule has 7 heteroatoms. The Morgan fingerprint density at radius 1 is 0.897 bits per heavy atom. The summed E-state index contributed by atoms with van der Waals surface area (Å²) in [6.07, 6.45) is -0.414. The van der Waals surface area contributed by atoms with Gasteiger partial charge in [-0.15, -0.1) is 0 Å². The molecule has 1 amide bonds. The highest BCUT2D eigenvalue weighted by Crippen LogP contribution is 2.37. The Morgan fingerprint density at radius 2 is 1.48 bits per heavy atom. The molecule has 0 aromatic heterocycles. The van der Waals surface area contributed by atoms with Gasteiger partial charge in [-0.3, -0.25) is 5.32 Å². The summed E-state index contributed by atoms with van der Waals surface area (Å²) in [4.78, 5) is 12.3. The number of carbonyl (C=O) groups excluding carboxylic acids is 1. The Kier molecular flexibility index (Phi) is 7.20. The molecule has 0 radical (unpaired) electrons. The van der Waals surface area contributed by atoms with Crippen molar-refractivity contribution in [2.45, 2.75) is 18.8 Å². The minimum Gasteiger partial charge on any atom is -0.504 e. The molecule has 148 valence electrons. The zero-order valence-electron chi connectivity index (χ0n) is 15.6. The van der Waals surface area contributed by atoms with Crippen LogP contribution in [0.5, 0.6) is 11.5 Å². The number of benzene rings is 3. The SMILES string of the molecule is O=C(NC(Cc1ccccc1)[P+](=O)Oc1ccccc1O)OCc1ccccc1. The Labute approximate surface area is 170 Å². The number of hydrogen-bond donors (Lipinski definition) is 2. The van der Waals surface area contributed by atoms with E-state index in [1.807, 2.05) is 60.7 Å². The first-order chi connectivity index (χ1) is 14.1. The molecule has 29 heavy (non-hydrogen) atoms. The molecule has 0 fully saturated rings. The van der Waals surface area contributed by atoms with E-state index in [2.05, 4.69) is 5.32 Å². The number of phenolic OH excluding ortho intramolecular Hbond substituents is 1. The van der Waals surface area contributed by atoms with Gasteiger partial charge in [0.25, 0.3) is 5.78 Å². The van der Waals surface area contributed by atoms with Crippen LogP contribution in [0.3, 0.4) is 0 Å². The standard InChI is InChI=1S/C22H20NO5P/c24-19-13-7-8-14-20(19)28-29(26)21(15-17-9-3-1-4-10-17)23-22(25)27-16-18-11-5-2-6-12-18/h1-14,21H,15-16H2,(H-,23,24,25)/p+1. The number of hydrogen-bond acceptors (Lipinski definition) is 5. The van der Waals surface area contributed by atoms with Gasteiger partial charge in [0.2, 0.25) is 5.75 Å². The van der Waals surface area contributed by atoms with E-state index in [-0.39, 0.29) is 24.5 Å². The predicted octanol–water partition coefficient (Wildman–Crippen LogP) is 5.01. The van der Waals surface area contributed by atoms with Gasteiger partial charge in [-0.05, 0) is 27.8 Å². The lowest BCUT2D eigenvalue weighted by atomic mass is 10.1. The minimum atomic E-state index is -2.38. The van der Waals surface area contributed by atoms with E-state index in [0.29, 0.717) is 0 Å². The molecular formula is C22H21NO5P+. The normalized spacial score (nSPS) is 11.9. The van der Waals surface area contributed by atoms with Crippen LogP contribution in [0.25, 0.3) is 0 Å². The third-order valence-corrected chi connectivity index (χ3v) is 5.27. The maximum absolute atomic E-state index is 12.8. The second-order valence-corrected chi connectivity index (χ2v) is 7.63. The van der Waals surface area contributed by atoms with Crippen molar-refractivity contribution in [3.05, 3.63) is 96.1 Å². The molecule has 0 aliphatic rings. The van der Waals surface area contributed by atoms with Crippen LogP contribution in [0.15, 0.2) is 84.9 Å². The second-order valence-electron chi connectivity index (χ2n) is 6.26.